The minimum Gasteiger partial charge on any atom is -0.462 e. The molecular weight excluding hydrogens is 481 g/mol. The standard InChI is InChI=1S/C20H18BrCl2N3O3/c1-3-26-15(10-25-8-7-24-11-25)17(21)19(27)16(20(28)29-4-2)18(26)12-5-6-13(22)14(23)9-12/h5-9,11H,3-4,10H2,1-2H3. The molecule has 6 nitrogen and oxygen atoms in total. The van der Waals surface area contributed by atoms with E-state index in [2.05, 4.69) is 20.9 Å². The Morgan fingerprint density at radius 3 is 2.59 bits per heavy atom. The normalized spacial score (nSPS) is 10.9. The van der Waals surface area contributed by atoms with E-state index in [-0.39, 0.29) is 12.2 Å². The van der Waals surface area contributed by atoms with Gasteiger partial charge in [-0.2, -0.15) is 0 Å². The van der Waals surface area contributed by atoms with Gasteiger partial charge >= 0.3 is 5.97 Å². The molecule has 0 fully saturated rings. The lowest BCUT2D eigenvalue weighted by Gasteiger charge is -2.22. The molecule has 0 unspecified atom stereocenters. The zero-order valence-corrected chi connectivity index (χ0v) is 18.9. The molecule has 0 aliphatic heterocycles. The van der Waals surface area contributed by atoms with E-state index in [1.165, 1.54) is 0 Å². The number of aromatic nitrogens is 3. The Kier molecular flexibility index (Phi) is 6.82. The first-order chi connectivity index (χ1) is 13.9. The molecule has 0 radical (unpaired) electrons. The molecule has 152 valence electrons. The van der Waals surface area contributed by atoms with E-state index in [0.29, 0.717) is 44.6 Å². The zero-order chi connectivity index (χ0) is 21.1. The van der Waals surface area contributed by atoms with Crippen molar-refractivity contribution in [3.05, 3.63) is 72.9 Å². The highest BCUT2D eigenvalue weighted by molar-refractivity contribution is 9.10. The SMILES string of the molecule is CCOC(=O)c1c(-c2ccc(Cl)c(Cl)c2)n(CC)c(Cn2ccnc2)c(Br)c1=O. The van der Waals surface area contributed by atoms with Gasteiger partial charge in [-0.1, -0.05) is 29.3 Å². The van der Waals surface area contributed by atoms with Gasteiger partial charge in [-0.3, -0.25) is 4.79 Å². The number of hydrogen-bond donors (Lipinski definition) is 0. The van der Waals surface area contributed by atoms with E-state index in [1.807, 2.05) is 16.1 Å². The van der Waals surface area contributed by atoms with Gasteiger partial charge in [-0.15, -0.1) is 0 Å². The van der Waals surface area contributed by atoms with Crippen LogP contribution in [0, 0.1) is 0 Å². The fourth-order valence-electron chi connectivity index (χ4n) is 3.13. The predicted molar refractivity (Wildman–Crippen MR) is 117 cm³/mol. The van der Waals surface area contributed by atoms with Crippen LogP contribution in [-0.4, -0.2) is 26.7 Å². The first-order valence-electron chi connectivity index (χ1n) is 8.92. The monoisotopic (exact) mass is 497 g/mol. The average molecular weight is 499 g/mol. The summed E-state index contributed by atoms with van der Waals surface area (Å²) in [6.45, 7) is 4.67. The molecule has 0 aliphatic rings. The molecule has 2 aromatic heterocycles. The van der Waals surface area contributed by atoms with Gasteiger partial charge in [0.2, 0.25) is 5.43 Å². The summed E-state index contributed by atoms with van der Waals surface area (Å²) in [4.78, 5) is 30.0. The van der Waals surface area contributed by atoms with Crippen molar-refractivity contribution in [2.45, 2.75) is 26.9 Å². The third-order valence-corrected chi connectivity index (χ3v) is 5.95. The fraction of sp³-hybridized carbons (Fsp3) is 0.250. The average Bonchev–Trinajstić information content (AvgIpc) is 3.21. The Morgan fingerprint density at radius 2 is 2.00 bits per heavy atom. The number of nitrogens with zero attached hydrogens (tertiary/aromatic N) is 3. The van der Waals surface area contributed by atoms with Gasteiger partial charge in [0.1, 0.15) is 5.56 Å². The lowest BCUT2D eigenvalue weighted by Crippen LogP contribution is -2.27. The first kappa shape index (κ1) is 21.6. The van der Waals surface area contributed by atoms with Crippen LogP contribution in [0.1, 0.15) is 29.9 Å². The number of pyridine rings is 1. The Labute approximate surface area is 186 Å². The van der Waals surface area contributed by atoms with E-state index in [1.54, 1.807) is 43.8 Å². The zero-order valence-electron chi connectivity index (χ0n) is 15.8. The lowest BCUT2D eigenvalue weighted by atomic mass is 10.0. The number of ether oxygens (including phenoxy) is 1. The summed E-state index contributed by atoms with van der Waals surface area (Å²) in [5.74, 6) is -0.685. The third kappa shape index (κ3) is 4.27. The topological polar surface area (TPSA) is 66.1 Å². The summed E-state index contributed by atoms with van der Waals surface area (Å²) >= 11 is 15.7. The van der Waals surface area contributed by atoms with Crippen LogP contribution in [0.2, 0.25) is 10.0 Å². The molecule has 2 heterocycles. The highest BCUT2D eigenvalue weighted by Crippen LogP contribution is 2.32. The second-order valence-electron chi connectivity index (χ2n) is 6.14. The molecule has 0 bridgehead atoms. The van der Waals surface area contributed by atoms with Crippen LogP contribution in [-0.2, 0) is 17.8 Å². The maximum Gasteiger partial charge on any atom is 0.344 e. The summed E-state index contributed by atoms with van der Waals surface area (Å²) < 4.78 is 9.22. The van der Waals surface area contributed by atoms with Crippen LogP contribution < -0.4 is 5.43 Å². The Hall–Kier alpha value is -2.09. The lowest BCUT2D eigenvalue weighted by molar-refractivity contribution is 0.0524. The minimum atomic E-state index is -0.685. The maximum absolute atomic E-state index is 13.2. The van der Waals surface area contributed by atoms with Crippen LogP contribution in [0.15, 0.2) is 46.2 Å². The van der Waals surface area contributed by atoms with Crippen molar-refractivity contribution in [2.24, 2.45) is 0 Å². The molecule has 0 atom stereocenters. The molecule has 3 rings (SSSR count). The molecular formula is C20H18BrCl2N3O3. The first-order valence-corrected chi connectivity index (χ1v) is 10.5. The van der Waals surface area contributed by atoms with E-state index in [9.17, 15) is 9.59 Å². The summed E-state index contributed by atoms with van der Waals surface area (Å²) in [5.41, 5.74) is 1.25. The van der Waals surface area contributed by atoms with Crippen LogP contribution in [0.3, 0.4) is 0 Å². The number of benzene rings is 1. The number of esters is 1. The van der Waals surface area contributed by atoms with Gasteiger partial charge in [-0.05, 0) is 41.9 Å². The molecule has 29 heavy (non-hydrogen) atoms. The number of carbonyl (C=O) groups excluding carboxylic acids is 1. The van der Waals surface area contributed by atoms with Gasteiger partial charge in [0.15, 0.2) is 0 Å². The number of imidazole rings is 1. The molecule has 0 saturated heterocycles. The smallest absolute Gasteiger partial charge is 0.344 e. The molecule has 0 aliphatic carbocycles. The summed E-state index contributed by atoms with van der Waals surface area (Å²) in [6.07, 6.45) is 5.12. The highest BCUT2D eigenvalue weighted by atomic mass is 79.9. The summed E-state index contributed by atoms with van der Waals surface area (Å²) in [6, 6.07) is 5.01. The Bertz CT molecular complexity index is 1110. The van der Waals surface area contributed by atoms with E-state index >= 15 is 0 Å². The number of hydrogen-bond acceptors (Lipinski definition) is 4. The third-order valence-electron chi connectivity index (χ3n) is 4.39. The van der Waals surface area contributed by atoms with Crippen molar-refractivity contribution >= 4 is 45.1 Å². The molecule has 0 amide bonds. The van der Waals surface area contributed by atoms with Crippen LogP contribution in [0.25, 0.3) is 11.3 Å². The second-order valence-corrected chi connectivity index (χ2v) is 7.75. The van der Waals surface area contributed by atoms with Crippen molar-refractivity contribution in [3.63, 3.8) is 0 Å². The van der Waals surface area contributed by atoms with E-state index < -0.39 is 11.4 Å². The Balaban J connectivity index is 2.37. The van der Waals surface area contributed by atoms with Crippen LogP contribution in [0.4, 0.5) is 0 Å². The summed E-state index contributed by atoms with van der Waals surface area (Å²) in [7, 11) is 0. The minimum absolute atomic E-state index is 0.0478. The quantitative estimate of drug-likeness (QED) is 0.447. The van der Waals surface area contributed by atoms with Gasteiger partial charge in [0.05, 0.1) is 45.4 Å². The van der Waals surface area contributed by atoms with Crippen molar-refractivity contribution in [3.8, 4) is 11.3 Å². The van der Waals surface area contributed by atoms with Crippen LogP contribution in [0.5, 0.6) is 0 Å². The van der Waals surface area contributed by atoms with Gasteiger partial charge < -0.3 is 13.9 Å². The molecule has 3 aromatic rings. The molecule has 9 heteroatoms. The predicted octanol–water partition coefficient (Wildman–Crippen LogP) is 5.03. The van der Waals surface area contributed by atoms with Gasteiger partial charge in [0, 0.05) is 24.5 Å². The molecule has 0 N–H and O–H groups in total. The fourth-order valence-corrected chi connectivity index (χ4v) is 3.97. The van der Waals surface area contributed by atoms with Crippen LogP contribution >= 0.6 is 39.1 Å². The number of halogens is 3. The van der Waals surface area contributed by atoms with Gasteiger partial charge in [0.25, 0.3) is 0 Å². The van der Waals surface area contributed by atoms with Crippen molar-refractivity contribution in [2.75, 3.05) is 6.61 Å². The van der Waals surface area contributed by atoms with E-state index in [0.717, 1.165) is 0 Å². The van der Waals surface area contributed by atoms with Crippen molar-refractivity contribution in [1.82, 2.24) is 14.1 Å². The second kappa shape index (κ2) is 9.15. The van der Waals surface area contributed by atoms with E-state index in [4.69, 9.17) is 27.9 Å². The highest BCUT2D eigenvalue weighted by Gasteiger charge is 2.27. The molecule has 0 spiro atoms. The number of rotatable bonds is 6. The van der Waals surface area contributed by atoms with Gasteiger partial charge in [-0.25, -0.2) is 9.78 Å². The molecule has 0 saturated carbocycles. The Morgan fingerprint density at radius 1 is 1.24 bits per heavy atom. The molecule has 1 aromatic carbocycles. The maximum atomic E-state index is 13.2. The van der Waals surface area contributed by atoms with Crippen molar-refractivity contribution in [1.29, 1.82) is 0 Å². The largest absolute Gasteiger partial charge is 0.462 e. The summed E-state index contributed by atoms with van der Waals surface area (Å²) in [5, 5.41) is 0.711. The van der Waals surface area contributed by atoms with Crippen molar-refractivity contribution < 1.29 is 9.53 Å². The number of carbonyl (C=O) groups is 1.